The summed E-state index contributed by atoms with van der Waals surface area (Å²) in [6.07, 6.45) is 3.55. The van der Waals surface area contributed by atoms with Gasteiger partial charge in [-0.25, -0.2) is 0 Å². The van der Waals surface area contributed by atoms with Crippen molar-refractivity contribution < 1.29 is 9.59 Å². The van der Waals surface area contributed by atoms with Gasteiger partial charge >= 0.3 is 0 Å². The van der Waals surface area contributed by atoms with Gasteiger partial charge in [0.2, 0.25) is 11.8 Å². The summed E-state index contributed by atoms with van der Waals surface area (Å²) in [6, 6.07) is 7.57. The molecule has 3 unspecified atom stereocenters. The fraction of sp³-hybridized carbons (Fsp3) is 0.600. The molecule has 3 atom stereocenters. The lowest BCUT2D eigenvalue weighted by Gasteiger charge is -2.28. The SMILES string of the molecule is Cc1ccc(N2CCC(NC(=O)CC(C)C3CCCNC3)C2=O)cc1. The van der Waals surface area contributed by atoms with E-state index >= 15 is 0 Å². The van der Waals surface area contributed by atoms with Gasteiger partial charge < -0.3 is 15.5 Å². The summed E-state index contributed by atoms with van der Waals surface area (Å²) in [4.78, 5) is 26.8. The number of anilines is 1. The molecule has 0 bridgehead atoms. The number of rotatable bonds is 5. The van der Waals surface area contributed by atoms with Crippen LogP contribution in [0.5, 0.6) is 0 Å². The van der Waals surface area contributed by atoms with Gasteiger partial charge in [0.05, 0.1) is 0 Å². The molecule has 0 aromatic heterocycles. The number of carbonyl (C=O) groups is 2. The van der Waals surface area contributed by atoms with Crippen LogP contribution in [0.4, 0.5) is 5.69 Å². The van der Waals surface area contributed by atoms with Crippen molar-refractivity contribution in [2.24, 2.45) is 11.8 Å². The normalized spacial score (nSPS) is 25.0. The van der Waals surface area contributed by atoms with E-state index < -0.39 is 0 Å². The second-order valence-electron chi connectivity index (χ2n) is 7.52. The van der Waals surface area contributed by atoms with Crippen LogP contribution in [0.25, 0.3) is 0 Å². The molecule has 5 heteroatoms. The molecule has 2 fully saturated rings. The summed E-state index contributed by atoms with van der Waals surface area (Å²) < 4.78 is 0. The van der Waals surface area contributed by atoms with Gasteiger partial charge in [-0.05, 0) is 63.2 Å². The van der Waals surface area contributed by atoms with E-state index in [1.807, 2.05) is 31.2 Å². The van der Waals surface area contributed by atoms with Gasteiger partial charge in [0.1, 0.15) is 6.04 Å². The molecular weight excluding hydrogens is 314 g/mol. The smallest absolute Gasteiger partial charge is 0.249 e. The van der Waals surface area contributed by atoms with E-state index in [0.717, 1.165) is 18.8 Å². The standard InChI is InChI=1S/C20H29N3O2/c1-14-5-7-17(8-6-14)23-11-9-18(20(23)25)22-19(24)12-15(2)16-4-3-10-21-13-16/h5-8,15-16,18,21H,3-4,9-13H2,1-2H3,(H,22,24). The molecule has 1 aromatic rings. The third-order valence-electron chi connectivity index (χ3n) is 5.53. The summed E-state index contributed by atoms with van der Waals surface area (Å²) in [5.74, 6) is 0.909. The van der Waals surface area contributed by atoms with Gasteiger partial charge in [-0.1, -0.05) is 24.6 Å². The molecule has 0 aliphatic carbocycles. The maximum absolute atomic E-state index is 12.6. The lowest BCUT2D eigenvalue weighted by atomic mass is 9.85. The van der Waals surface area contributed by atoms with Crippen molar-refractivity contribution in [1.82, 2.24) is 10.6 Å². The molecule has 2 aliphatic rings. The number of carbonyl (C=O) groups excluding carboxylic acids is 2. The minimum Gasteiger partial charge on any atom is -0.344 e. The van der Waals surface area contributed by atoms with Crippen molar-refractivity contribution in [2.45, 2.75) is 45.6 Å². The Kier molecular flexibility index (Phi) is 5.74. The summed E-state index contributed by atoms with van der Waals surface area (Å²) in [7, 11) is 0. The fourth-order valence-electron chi connectivity index (χ4n) is 3.87. The monoisotopic (exact) mass is 343 g/mol. The number of piperidine rings is 1. The highest BCUT2D eigenvalue weighted by Gasteiger charge is 2.34. The maximum atomic E-state index is 12.6. The topological polar surface area (TPSA) is 61.4 Å². The highest BCUT2D eigenvalue weighted by molar-refractivity contribution is 6.01. The van der Waals surface area contributed by atoms with E-state index in [-0.39, 0.29) is 17.9 Å². The number of aryl methyl sites for hydroxylation is 1. The molecule has 0 radical (unpaired) electrons. The van der Waals surface area contributed by atoms with E-state index in [9.17, 15) is 9.59 Å². The highest BCUT2D eigenvalue weighted by atomic mass is 16.2. The van der Waals surface area contributed by atoms with E-state index in [0.29, 0.717) is 31.2 Å². The quantitative estimate of drug-likeness (QED) is 0.862. The van der Waals surface area contributed by atoms with Gasteiger partial charge in [-0.3, -0.25) is 9.59 Å². The largest absolute Gasteiger partial charge is 0.344 e. The number of amides is 2. The van der Waals surface area contributed by atoms with E-state index in [1.54, 1.807) is 4.90 Å². The van der Waals surface area contributed by atoms with E-state index in [1.165, 1.54) is 18.4 Å². The zero-order chi connectivity index (χ0) is 17.8. The Hall–Kier alpha value is -1.88. The third-order valence-corrected chi connectivity index (χ3v) is 5.53. The first-order chi connectivity index (χ1) is 12.0. The van der Waals surface area contributed by atoms with E-state index in [2.05, 4.69) is 17.6 Å². The van der Waals surface area contributed by atoms with Crippen molar-refractivity contribution in [3.8, 4) is 0 Å². The minimum absolute atomic E-state index is 0.00202. The predicted molar refractivity (Wildman–Crippen MR) is 99.5 cm³/mol. The average Bonchev–Trinajstić information content (AvgIpc) is 2.97. The molecule has 2 N–H and O–H groups in total. The average molecular weight is 343 g/mol. The zero-order valence-electron chi connectivity index (χ0n) is 15.3. The lowest BCUT2D eigenvalue weighted by Crippen LogP contribution is -2.43. The second-order valence-corrected chi connectivity index (χ2v) is 7.52. The Bertz CT molecular complexity index is 608. The molecular formula is C20H29N3O2. The van der Waals surface area contributed by atoms with Gasteiger partial charge in [-0.2, -0.15) is 0 Å². The van der Waals surface area contributed by atoms with Crippen LogP contribution in [0.15, 0.2) is 24.3 Å². The molecule has 1 aromatic carbocycles. The van der Waals surface area contributed by atoms with Crippen LogP contribution in [0.1, 0.15) is 38.2 Å². The Morgan fingerprint density at radius 3 is 2.76 bits per heavy atom. The Morgan fingerprint density at radius 2 is 2.08 bits per heavy atom. The minimum atomic E-state index is -0.384. The number of hydrogen-bond acceptors (Lipinski definition) is 3. The third kappa shape index (κ3) is 4.40. The van der Waals surface area contributed by atoms with Crippen LogP contribution in [-0.4, -0.2) is 37.5 Å². The number of hydrogen-bond donors (Lipinski definition) is 2. The summed E-state index contributed by atoms with van der Waals surface area (Å²) in [5, 5.41) is 6.36. The van der Waals surface area contributed by atoms with Crippen molar-refractivity contribution in [2.75, 3.05) is 24.5 Å². The Labute approximate surface area is 150 Å². The molecule has 2 aliphatic heterocycles. The molecule has 2 saturated heterocycles. The molecule has 25 heavy (non-hydrogen) atoms. The van der Waals surface area contributed by atoms with Crippen LogP contribution < -0.4 is 15.5 Å². The summed E-state index contributed by atoms with van der Waals surface area (Å²) in [5.41, 5.74) is 2.08. The molecule has 0 saturated carbocycles. The second kappa shape index (κ2) is 8.00. The van der Waals surface area contributed by atoms with Crippen LogP contribution in [-0.2, 0) is 9.59 Å². The Morgan fingerprint density at radius 1 is 1.32 bits per heavy atom. The van der Waals surface area contributed by atoms with Crippen molar-refractivity contribution in [3.63, 3.8) is 0 Å². The van der Waals surface area contributed by atoms with Crippen LogP contribution in [0.2, 0.25) is 0 Å². The molecule has 2 amide bonds. The first-order valence-corrected chi connectivity index (χ1v) is 9.42. The number of nitrogens with zero attached hydrogens (tertiary/aromatic N) is 1. The van der Waals surface area contributed by atoms with Gasteiger partial charge in [0.15, 0.2) is 0 Å². The molecule has 2 heterocycles. The number of benzene rings is 1. The van der Waals surface area contributed by atoms with Crippen LogP contribution in [0, 0.1) is 18.8 Å². The van der Waals surface area contributed by atoms with Crippen molar-refractivity contribution in [3.05, 3.63) is 29.8 Å². The van der Waals surface area contributed by atoms with Crippen LogP contribution >= 0.6 is 0 Å². The predicted octanol–water partition coefficient (Wildman–Crippen LogP) is 2.24. The molecule has 5 nitrogen and oxygen atoms in total. The maximum Gasteiger partial charge on any atom is 0.249 e. The first-order valence-electron chi connectivity index (χ1n) is 9.42. The fourth-order valence-corrected chi connectivity index (χ4v) is 3.87. The summed E-state index contributed by atoms with van der Waals surface area (Å²) >= 11 is 0. The van der Waals surface area contributed by atoms with E-state index in [4.69, 9.17) is 0 Å². The Balaban J connectivity index is 1.51. The first kappa shape index (κ1) is 17.9. The highest BCUT2D eigenvalue weighted by Crippen LogP contribution is 2.24. The zero-order valence-corrected chi connectivity index (χ0v) is 15.3. The summed E-state index contributed by atoms with van der Waals surface area (Å²) in [6.45, 7) is 6.92. The van der Waals surface area contributed by atoms with Crippen LogP contribution in [0.3, 0.4) is 0 Å². The van der Waals surface area contributed by atoms with Crippen molar-refractivity contribution in [1.29, 1.82) is 0 Å². The van der Waals surface area contributed by atoms with Gasteiger partial charge in [0.25, 0.3) is 0 Å². The number of nitrogens with one attached hydrogen (secondary N) is 2. The molecule has 136 valence electrons. The molecule has 0 spiro atoms. The van der Waals surface area contributed by atoms with Gasteiger partial charge in [-0.15, -0.1) is 0 Å². The van der Waals surface area contributed by atoms with Gasteiger partial charge in [0, 0.05) is 18.7 Å². The molecule has 3 rings (SSSR count). The lowest BCUT2D eigenvalue weighted by molar-refractivity contribution is -0.127. The van der Waals surface area contributed by atoms with Crippen molar-refractivity contribution >= 4 is 17.5 Å².